The van der Waals surface area contributed by atoms with Crippen LogP contribution in [0.15, 0.2) is 175 Å². The van der Waals surface area contributed by atoms with Crippen molar-refractivity contribution in [1.82, 2.24) is 5.32 Å². The molecule has 1 aliphatic rings. The van der Waals surface area contributed by atoms with Gasteiger partial charge in [-0.25, -0.2) is 9.98 Å². The first-order chi connectivity index (χ1) is 25.3. The molecule has 1 atom stereocenters. The third-order valence-electron chi connectivity index (χ3n) is 9.97. The van der Waals surface area contributed by atoms with Gasteiger partial charge < -0.3 is 18.6 Å². The average molecular weight is 658 g/mol. The molecule has 240 valence electrons. The average Bonchev–Trinajstić information content (AvgIpc) is 3.89. The molecule has 0 saturated carbocycles. The molecule has 0 spiro atoms. The number of hydrogen-bond donors (Lipinski definition) is 1. The van der Waals surface area contributed by atoms with Gasteiger partial charge >= 0.3 is 0 Å². The molecule has 10 aromatic rings. The predicted molar refractivity (Wildman–Crippen MR) is 206 cm³/mol. The van der Waals surface area contributed by atoms with E-state index in [-0.39, 0.29) is 0 Å². The fourth-order valence-electron chi connectivity index (χ4n) is 7.66. The first-order valence-corrected chi connectivity index (χ1v) is 17.0. The van der Waals surface area contributed by atoms with E-state index >= 15 is 0 Å². The number of para-hydroxylation sites is 3. The third kappa shape index (κ3) is 4.30. The largest absolute Gasteiger partial charge is 0.456 e. The summed E-state index contributed by atoms with van der Waals surface area (Å²) in [5.74, 6) is 1.39. The quantitative estimate of drug-likeness (QED) is 0.204. The van der Waals surface area contributed by atoms with Crippen molar-refractivity contribution in [3.63, 3.8) is 0 Å². The van der Waals surface area contributed by atoms with Crippen LogP contribution in [0.3, 0.4) is 0 Å². The highest BCUT2D eigenvalue weighted by Crippen LogP contribution is 2.41. The summed E-state index contributed by atoms with van der Waals surface area (Å²) < 4.78 is 19.2. The third-order valence-corrected chi connectivity index (χ3v) is 9.97. The molecule has 0 radical (unpaired) electrons. The predicted octanol–water partition coefficient (Wildman–Crippen LogP) is 11.5. The van der Waals surface area contributed by atoms with Crippen molar-refractivity contribution in [3.8, 4) is 11.1 Å². The van der Waals surface area contributed by atoms with Crippen LogP contribution >= 0.6 is 0 Å². The van der Waals surface area contributed by atoms with E-state index in [0.717, 1.165) is 99.5 Å². The van der Waals surface area contributed by atoms with E-state index in [4.69, 9.17) is 23.2 Å². The first kappa shape index (κ1) is 28.0. The Hall–Kier alpha value is -6.92. The highest BCUT2D eigenvalue weighted by Gasteiger charge is 2.26. The van der Waals surface area contributed by atoms with Crippen molar-refractivity contribution >= 4 is 77.5 Å². The topological polar surface area (TPSA) is 76.2 Å². The molecule has 6 heteroatoms. The summed E-state index contributed by atoms with van der Waals surface area (Å²) >= 11 is 0. The van der Waals surface area contributed by atoms with Crippen LogP contribution in [-0.2, 0) is 0 Å². The molecule has 0 fully saturated rings. The lowest BCUT2D eigenvalue weighted by molar-refractivity contribution is 0.662. The molecule has 4 heterocycles. The van der Waals surface area contributed by atoms with E-state index in [0.29, 0.717) is 5.84 Å². The van der Waals surface area contributed by atoms with Crippen molar-refractivity contribution in [2.45, 2.75) is 6.17 Å². The van der Waals surface area contributed by atoms with Gasteiger partial charge in [-0.1, -0.05) is 115 Å². The molecule has 0 amide bonds. The van der Waals surface area contributed by atoms with Gasteiger partial charge in [-0.3, -0.25) is 0 Å². The van der Waals surface area contributed by atoms with E-state index in [1.54, 1.807) is 0 Å². The molecule has 6 nitrogen and oxygen atoms in total. The smallest absolute Gasteiger partial charge is 0.159 e. The first-order valence-electron chi connectivity index (χ1n) is 17.0. The second-order valence-corrected chi connectivity index (χ2v) is 12.9. The summed E-state index contributed by atoms with van der Waals surface area (Å²) in [5.41, 5.74) is 9.97. The Balaban J connectivity index is 1.07. The summed E-state index contributed by atoms with van der Waals surface area (Å²) in [4.78, 5) is 10.4. The molecular weight excluding hydrogens is 631 g/mol. The van der Waals surface area contributed by atoms with Gasteiger partial charge in [0.05, 0.1) is 0 Å². The number of furan rings is 3. The van der Waals surface area contributed by atoms with Gasteiger partial charge in [0.25, 0.3) is 0 Å². The van der Waals surface area contributed by atoms with Crippen molar-refractivity contribution in [2.24, 2.45) is 9.98 Å². The van der Waals surface area contributed by atoms with Gasteiger partial charge in [0.2, 0.25) is 0 Å². The van der Waals surface area contributed by atoms with Gasteiger partial charge in [-0.15, -0.1) is 0 Å². The summed E-state index contributed by atoms with van der Waals surface area (Å²) in [6.45, 7) is 0. The monoisotopic (exact) mass is 657 g/mol. The molecule has 0 saturated heterocycles. The zero-order valence-corrected chi connectivity index (χ0v) is 27.1. The number of aliphatic imine (C=N–C) groups is 2. The van der Waals surface area contributed by atoms with Crippen LogP contribution < -0.4 is 5.32 Å². The number of amidine groups is 2. The lowest BCUT2D eigenvalue weighted by atomic mass is 9.99. The van der Waals surface area contributed by atoms with E-state index in [1.807, 2.05) is 91.0 Å². The zero-order valence-electron chi connectivity index (χ0n) is 27.1. The Bertz CT molecular complexity index is 3070. The van der Waals surface area contributed by atoms with Crippen molar-refractivity contribution in [2.75, 3.05) is 0 Å². The second kappa shape index (κ2) is 10.8. The molecule has 0 bridgehead atoms. The van der Waals surface area contributed by atoms with E-state index in [2.05, 4.69) is 66.0 Å². The number of rotatable bonds is 4. The highest BCUT2D eigenvalue weighted by atomic mass is 16.3. The number of hydrogen-bond acceptors (Lipinski definition) is 6. The lowest BCUT2D eigenvalue weighted by Gasteiger charge is -2.24. The lowest BCUT2D eigenvalue weighted by Crippen LogP contribution is -2.33. The van der Waals surface area contributed by atoms with Gasteiger partial charge in [-0.05, 0) is 42.0 Å². The maximum Gasteiger partial charge on any atom is 0.159 e. The molecular formula is C45H27N3O3. The summed E-state index contributed by atoms with van der Waals surface area (Å²) in [6.07, 6.45) is -0.436. The van der Waals surface area contributed by atoms with Gasteiger partial charge in [0, 0.05) is 54.6 Å². The Morgan fingerprint density at radius 1 is 0.451 bits per heavy atom. The van der Waals surface area contributed by atoms with E-state index < -0.39 is 6.17 Å². The van der Waals surface area contributed by atoms with Gasteiger partial charge in [0.15, 0.2) is 5.84 Å². The number of benzene rings is 7. The maximum absolute atomic E-state index is 6.59. The van der Waals surface area contributed by atoms with Gasteiger partial charge in [-0.2, -0.15) is 0 Å². The summed E-state index contributed by atoms with van der Waals surface area (Å²) in [5, 5.41) is 10.0. The Morgan fingerprint density at radius 3 is 1.98 bits per heavy atom. The highest BCUT2D eigenvalue weighted by molar-refractivity contribution is 6.22. The Labute approximate surface area is 291 Å². The minimum atomic E-state index is -0.436. The van der Waals surface area contributed by atoms with E-state index in [1.165, 1.54) is 0 Å². The molecule has 51 heavy (non-hydrogen) atoms. The molecule has 1 N–H and O–H groups in total. The zero-order chi connectivity index (χ0) is 33.5. The SMILES string of the molecule is c1ccc(C2=NC(c3cccc4oc5cc(-c6cccc7c6oc6ccccc67)ccc5c34)NC(c3cccc4oc5ccccc5c34)=N2)cc1. The van der Waals surface area contributed by atoms with Gasteiger partial charge in [0.1, 0.15) is 45.5 Å². The molecule has 1 aliphatic heterocycles. The van der Waals surface area contributed by atoms with Crippen LogP contribution in [0.1, 0.15) is 22.9 Å². The van der Waals surface area contributed by atoms with Crippen LogP contribution in [-0.4, -0.2) is 11.7 Å². The molecule has 3 aromatic heterocycles. The van der Waals surface area contributed by atoms with Crippen LogP contribution in [0.2, 0.25) is 0 Å². The molecule has 11 rings (SSSR count). The Morgan fingerprint density at radius 2 is 1.10 bits per heavy atom. The minimum Gasteiger partial charge on any atom is -0.456 e. The number of nitrogens with one attached hydrogen (secondary N) is 1. The van der Waals surface area contributed by atoms with Crippen molar-refractivity contribution < 1.29 is 13.3 Å². The molecule has 0 aliphatic carbocycles. The normalized spacial score (nSPS) is 14.9. The van der Waals surface area contributed by atoms with Crippen LogP contribution in [0.5, 0.6) is 0 Å². The Kier molecular flexibility index (Phi) is 5.92. The number of fused-ring (bicyclic) bond motifs is 9. The van der Waals surface area contributed by atoms with Crippen molar-refractivity contribution in [3.05, 3.63) is 168 Å². The second-order valence-electron chi connectivity index (χ2n) is 12.9. The molecule has 7 aromatic carbocycles. The fraction of sp³-hybridized carbons (Fsp3) is 0.0222. The minimum absolute atomic E-state index is 0.436. The van der Waals surface area contributed by atoms with Crippen molar-refractivity contribution in [1.29, 1.82) is 0 Å². The van der Waals surface area contributed by atoms with Crippen LogP contribution in [0.4, 0.5) is 0 Å². The summed E-state index contributed by atoms with van der Waals surface area (Å²) in [7, 11) is 0. The fourth-order valence-corrected chi connectivity index (χ4v) is 7.66. The standard InChI is InChI=1S/C45H27N3O3/c1-2-11-26(12-3-1)43-46-44(33-17-9-21-37-40(33)31-14-5-7-20-36(31)49-37)48-45(47-43)34-18-10-22-38-41(34)32-24-23-27(25-39(32)50-38)28-15-8-16-30-29-13-4-6-19-35(29)51-42(28)30/h1-25,45H,(H,46,47,48). The van der Waals surface area contributed by atoms with Crippen LogP contribution in [0, 0.1) is 0 Å². The molecule has 1 unspecified atom stereocenters. The van der Waals surface area contributed by atoms with Crippen LogP contribution in [0.25, 0.3) is 76.9 Å². The van der Waals surface area contributed by atoms with E-state index in [9.17, 15) is 0 Å². The maximum atomic E-state index is 6.59. The number of nitrogens with zero attached hydrogens (tertiary/aromatic N) is 2. The summed E-state index contributed by atoms with van der Waals surface area (Å²) in [6, 6.07) is 51.5.